The average molecular weight is 325 g/mol. The minimum atomic E-state index is -1.15. The van der Waals surface area contributed by atoms with Crippen molar-refractivity contribution in [1.29, 1.82) is 0 Å². The van der Waals surface area contributed by atoms with Crippen LogP contribution < -0.4 is 10.5 Å². The molecule has 1 saturated heterocycles. The molecule has 0 amide bonds. The Labute approximate surface area is 132 Å². The number of nitrogen functional groups attached to an aromatic ring is 1. The molecular formula is C15H19NO7. The van der Waals surface area contributed by atoms with Crippen molar-refractivity contribution in [3.63, 3.8) is 0 Å². The van der Waals surface area contributed by atoms with E-state index in [1.54, 1.807) is 18.2 Å². The average Bonchev–Trinajstić information content (AvgIpc) is 2.47. The fraction of sp³-hybridized carbons (Fsp3) is 0.467. The van der Waals surface area contributed by atoms with Gasteiger partial charge in [0.25, 0.3) is 0 Å². The summed E-state index contributed by atoms with van der Waals surface area (Å²) in [7, 11) is 0. The molecule has 0 spiro atoms. The fourth-order valence-corrected chi connectivity index (χ4v) is 2.22. The first-order valence-corrected chi connectivity index (χ1v) is 7.10. The number of hydrogen-bond donors (Lipinski definition) is 3. The predicted octanol–water partition coefficient (Wildman–Crippen LogP) is 0.661. The van der Waals surface area contributed by atoms with Gasteiger partial charge < -0.3 is 30.2 Å². The standard InChI is InChI=1S/C15H19NO7/c1-8(17)21-7-9-2-3-12(11(16)4-9)22-14-6-10(18)5-13(23-14)15(19)20/h2-4,10,13-14,18H,5-7,16H2,1H3,(H,19,20)/t10-,13-,14+/m0/s1. The van der Waals surface area contributed by atoms with Gasteiger partial charge in [0.2, 0.25) is 6.29 Å². The zero-order chi connectivity index (χ0) is 17.0. The Morgan fingerprint density at radius 1 is 1.39 bits per heavy atom. The minimum absolute atomic E-state index is 0.0198. The highest BCUT2D eigenvalue weighted by Gasteiger charge is 2.34. The molecule has 0 saturated carbocycles. The molecule has 8 nitrogen and oxygen atoms in total. The summed E-state index contributed by atoms with van der Waals surface area (Å²) >= 11 is 0. The number of carboxylic acid groups (broad SMARTS) is 1. The van der Waals surface area contributed by atoms with E-state index in [9.17, 15) is 14.7 Å². The third-order valence-electron chi connectivity index (χ3n) is 3.32. The van der Waals surface area contributed by atoms with Crippen LogP contribution in [0.25, 0.3) is 0 Å². The van der Waals surface area contributed by atoms with E-state index in [2.05, 4.69) is 0 Å². The third-order valence-corrected chi connectivity index (χ3v) is 3.32. The second kappa shape index (κ2) is 7.30. The molecular weight excluding hydrogens is 306 g/mol. The van der Waals surface area contributed by atoms with E-state index >= 15 is 0 Å². The molecule has 8 heteroatoms. The lowest BCUT2D eigenvalue weighted by molar-refractivity contribution is -0.195. The monoisotopic (exact) mass is 325 g/mol. The Hall–Kier alpha value is -2.32. The van der Waals surface area contributed by atoms with Crippen molar-refractivity contribution in [2.75, 3.05) is 5.73 Å². The highest BCUT2D eigenvalue weighted by Crippen LogP contribution is 2.28. The van der Waals surface area contributed by atoms with Gasteiger partial charge in [-0.3, -0.25) is 4.79 Å². The van der Waals surface area contributed by atoms with Gasteiger partial charge in [0.15, 0.2) is 6.10 Å². The van der Waals surface area contributed by atoms with Crippen LogP contribution in [0.1, 0.15) is 25.3 Å². The molecule has 0 radical (unpaired) electrons. The molecule has 1 aromatic rings. The zero-order valence-corrected chi connectivity index (χ0v) is 12.6. The Kier molecular flexibility index (Phi) is 5.41. The maximum absolute atomic E-state index is 11.0. The van der Waals surface area contributed by atoms with E-state index in [0.717, 1.165) is 0 Å². The van der Waals surface area contributed by atoms with Crippen LogP contribution in [0.5, 0.6) is 5.75 Å². The number of aliphatic hydroxyl groups is 1. The molecule has 0 bridgehead atoms. The topological polar surface area (TPSA) is 128 Å². The molecule has 126 valence electrons. The summed E-state index contributed by atoms with van der Waals surface area (Å²) in [6, 6.07) is 4.84. The van der Waals surface area contributed by atoms with Crippen molar-refractivity contribution in [2.24, 2.45) is 0 Å². The Morgan fingerprint density at radius 3 is 2.74 bits per heavy atom. The van der Waals surface area contributed by atoms with Gasteiger partial charge >= 0.3 is 11.9 Å². The number of esters is 1. The summed E-state index contributed by atoms with van der Waals surface area (Å²) < 4.78 is 15.7. The van der Waals surface area contributed by atoms with Crippen molar-refractivity contribution >= 4 is 17.6 Å². The smallest absolute Gasteiger partial charge is 0.333 e. The first-order chi connectivity index (χ1) is 10.8. The molecule has 0 aliphatic carbocycles. The van der Waals surface area contributed by atoms with E-state index < -0.39 is 30.4 Å². The number of rotatable bonds is 5. The van der Waals surface area contributed by atoms with Crippen LogP contribution in [-0.4, -0.2) is 40.6 Å². The molecule has 23 heavy (non-hydrogen) atoms. The van der Waals surface area contributed by atoms with Crippen molar-refractivity contribution in [2.45, 2.75) is 44.9 Å². The van der Waals surface area contributed by atoms with Crippen LogP contribution in [0, 0.1) is 0 Å². The lowest BCUT2D eigenvalue weighted by atomic mass is 10.1. The third kappa shape index (κ3) is 4.83. The molecule has 3 atom stereocenters. The van der Waals surface area contributed by atoms with Crippen LogP contribution in [0.2, 0.25) is 0 Å². The summed E-state index contributed by atoms with van der Waals surface area (Å²) in [6.07, 6.45) is -2.67. The Morgan fingerprint density at radius 2 is 2.13 bits per heavy atom. The van der Waals surface area contributed by atoms with E-state index in [1.165, 1.54) is 6.92 Å². The van der Waals surface area contributed by atoms with E-state index in [-0.39, 0.29) is 19.4 Å². The van der Waals surface area contributed by atoms with Crippen LogP contribution in [-0.2, 0) is 25.7 Å². The number of aliphatic hydroxyl groups excluding tert-OH is 1. The van der Waals surface area contributed by atoms with Gasteiger partial charge in [-0.25, -0.2) is 4.79 Å². The van der Waals surface area contributed by atoms with E-state index in [4.69, 9.17) is 25.1 Å². The Balaban J connectivity index is 2.01. The van der Waals surface area contributed by atoms with Crippen molar-refractivity contribution in [1.82, 2.24) is 0 Å². The molecule has 1 aliphatic heterocycles. The largest absolute Gasteiger partial charge is 0.479 e. The molecule has 2 rings (SSSR count). The quantitative estimate of drug-likeness (QED) is 0.532. The molecule has 1 aliphatic rings. The SMILES string of the molecule is CC(=O)OCc1ccc(O[C@H]2C[C@@H](O)C[C@@H](C(=O)O)O2)c(N)c1. The van der Waals surface area contributed by atoms with Gasteiger partial charge in [0, 0.05) is 19.8 Å². The number of hydrogen-bond acceptors (Lipinski definition) is 7. The fourth-order valence-electron chi connectivity index (χ4n) is 2.22. The number of anilines is 1. The lowest BCUT2D eigenvalue weighted by Gasteiger charge is -2.31. The summed E-state index contributed by atoms with van der Waals surface area (Å²) in [6.45, 7) is 1.41. The molecule has 1 aromatic carbocycles. The molecule has 0 unspecified atom stereocenters. The second-order valence-electron chi connectivity index (χ2n) is 5.29. The number of carbonyl (C=O) groups is 2. The maximum Gasteiger partial charge on any atom is 0.333 e. The summed E-state index contributed by atoms with van der Waals surface area (Å²) in [4.78, 5) is 21.8. The molecule has 0 aromatic heterocycles. The number of carbonyl (C=O) groups excluding carboxylic acids is 1. The van der Waals surface area contributed by atoms with Gasteiger partial charge in [0.1, 0.15) is 12.4 Å². The van der Waals surface area contributed by atoms with Crippen molar-refractivity contribution in [3.8, 4) is 5.75 Å². The lowest BCUT2D eigenvalue weighted by Crippen LogP contribution is -2.42. The number of carboxylic acids is 1. The van der Waals surface area contributed by atoms with Gasteiger partial charge in [-0.05, 0) is 17.7 Å². The number of nitrogens with two attached hydrogens (primary N) is 1. The van der Waals surface area contributed by atoms with Gasteiger partial charge in [-0.1, -0.05) is 6.07 Å². The highest BCUT2D eigenvalue weighted by atomic mass is 16.7. The number of ether oxygens (including phenoxy) is 3. The number of aliphatic carboxylic acids is 1. The zero-order valence-electron chi connectivity index (χ0n) is 12.6. The van der Waals surface area contributed by atoms with Crippen LogP contribution in [0.3, 0.4) is 0 Å². The summed E-state index contributed by atoms with van der Waals surface area (Å²) in [5, 5.41) is 18.7. The van der Waals surface area contributed by atoms with Gasteiger partial charge in [0.05, 0.1) is 11.8 Å². The van der Waals surface area contributed by atoms with Gasteiger partial charge in [-0.15, -0.1) is 0 Å². The van der Waals surface area contributed by atoms with Crippen LogP contribution in [0.4, 0.5) is 5.69 Å². The van der Waals surface area contributed by atoms with Gasteiger partial charge in [-0.2, -0.15) is 0 Å². The Bertz CT molecular complexity index is 589. The first-order valence-electron chi connectivity index (χ1n) is 7.10. The number of benzene rings is 1. The minimum Gasteiger partial charge on any atom is -0.479 e. The van der Waals surface area contributed by atoms with E-state index in [1.807, 2.05) is 0 Å². The maximum atomic E-state index is 11.0. The van der Waals surface area contributed by atoms with Crippen molar-refractivity contribution in [3.05, 3.63) is 23.8 Å². The van der Waals surface area contributed by atoms with Crippen molar-refractivity contribution < 1.29 is 34.0 Å². The molecule has 1 fully saturated rings. The second-order valence-corrected chi connectivity index (χ2v) is 5.29. The molecule has 4 N–H and O–H groups in total. The summed E-state index contributed by atoms with van der Waals surface area (Å²) in [5.74, 6) is -1.24. The van der Waals surface area contributed by atoms with E-state index in [0.29, 0.717) is 17.0 Å². The highest BCUT2D eigenvalue weighted by molar-refractivity contribution is 5.72. The van der Waals surface area contributed by atoms with Crippen LogP contribution >= 0.6 is 0 Å². The van der Waals surface area contributed by atoms with Crippen LogP contribution in [0.15, 0.2) is 18.2 Å². The predicted molar refractivity (Wildman–Crippen MR) is 78.5 cm³/mol. The first kappa shape index (κ1) is 17.0. The molecule has 1 heterocycles. The normalized spacial score (nSPS) is 24.0. The summed E-state index contributed by atoms with van der Waals surface area (Å²) in [5.41, 5.74) is 6.86.